The topological polar surface area (TPSA) is 76.1 Å². The number of epoxide rings is 1. The summed E-state index contributed by atoms with van der Waals surface area (Å²) in [4.78, 5) is 24.2. The highest BCUT2D eigenvalue weighted by molar-refractivity contribution is 5.94. The molecule has 0 unspecified atom stereocenters. The first-order valence-electron chi connectivity index (χ1n) is 10.9. The van der Waals surface area contributed by atoms with Gasteiger partial charge in [0.1, 0.15) is 0 Å². The van der Waals surface area contributed by atoms with Gasteiger partial charge >= 0.3 is 5.97 Å². The molecule has 3 saturated carbocycles. The molecule has 5 aliphatic rings. The lowest BCUT2D eigenvalue weighted by Crippen LogP contribution is -2.55. The van der Waals surface area contributed by atoms with Crippen molar-refractivity contribution < 1.29 is 24.2 Å². The van der Waals surface area contributed by atoms with Crippen molar-refractivity contribution in [2.45, 2.75) is 83.5 Å². The molecule has 1 aliphatic heterocycles. The van der Waals surface area contributed by atoms with E-state index in [0.717, 1.165) is 44.9 Å². The lowest BCUT2D eigenvalue weighted by molar-refractivity contribution is -0.152. The molecule has 28 heavy (non-hydrogen) atoms. The van der Waals surface area contributed by atoms with Crippen molar-refractivity contribution in [3.8, 4) is 0 Å². The number of aliphatic hydroxyl groups is 1. The number of rotatable bonds is 3. The largest absolute Gasteiger partial charge is 0.458 e. The molecular weight excluding hydrogens is 356 g/mol. The van der Waals surface area contributed by atoms with E-state index < -0.39 is 11.6 Å². The van der Waals surface area contributed by atoms with Gasteiger partial charge in [0.05, 0.1) is 12.2 Å². The van der Waals surface area contributed by atoms with Crippen LogP contribution in [-0.2, 0) is 19.1 Å². The Hall–Kier alpha value is -1.20. The first kappa shape index (κ1) is 18.8. The van der Waals surface area contributed by atoms with E-state index in [4.69, 9.17) is 9.47 Å². The maximum atomic E-state index is 13.0. The number of aliphatic hydroxyl groups excluding tert-OH is 1. The van der Waals surface area contributed by atoms with E-state index in [9.17, 15) is 14.7 Å². The average molecular weight is 389 g/mol. The van der Waals surface area contributed by atoms with Gasteiger partial charge in [-0.3, -0.25) is 9.59 Å². The predicted octanol–water partition coefficient (Wildman–Crippen LogP) is 3.19. The minimum absolute atomic E-state index is 0.00401. The molecule has 0 bridgehead atoms. The fraction of sp³-hybridized carbons (Fsp3) is 0.826. The van der Waals surface area contributed by atoms with Crippen LogP contribution in [0.2, 0.25) is 0 Å². The van der Waals surface area contributed by atoms with Crippen molar-refractivity contribution in [3.63, 3.8) is 0 Å². The summed E-state index contributed by atoms with van der Waals surface area (Å²) in [5.74, 6) is 1.24. The number of hydrogen-bond acceptors (Lipinski definition) is 5. The predicted molar refractivity (Wildman–Crippen MR) is 102 cm³/mol. The lowest BCUT2D eigenvalue weighted by Gasteiger charge is -2.58. The molecular formula is C23H32O5. The molecule has 0 spiro atoms. The maximum Gasteiger partial charge on any atom is 0.303 e. The lowest BCUT2D eigenvalue weighted by atomic mass is 9.47. The van der Waals surface area contributed by atoms with E-state index in [2.05, 4.69) is 19.9 Å². The SMILES string of the molecule is CC(=O)OCC(=O)[C@]12O[C@H]1C[C@@H]1[C@H]3CC=C4C[C@@H](O)CC[C@]4(C)[C@@H]3CC[C@]12C. The van der Waals surface area contributed by atoms with E-state index in [1.165, 1.54) is 12.5 Å². The zero-order valence-electron chi connectivity index (χ0n) is 17.2. The van der Waals surface area contributed by atoms with E-state index in [1.54, 1.807) is 0 Å². The van der Waals surface area contributed by atoms with Crippen molar-refractivity contribution in [3.05, 3.63) is 11.6 Å². The van der Waals surface area contributed by atoms with Crippen LogP contribution in [0.25, 0.3) is 0 Å². The molecule has 4 fully saturated rings. The number of ether oxygens (including phenoxy) is 2. The summed E-state index contributed by atoms with van der Waals surface area (Å²) in [6.07, 6.45) is 9.14. The third-order valence-electron chi connectivity index (χ3n) is 9.33. The van der Waals surface area contributed by atoms with E-state index >= 15 is 0 Å². The minimum atomic E-state index is -0.730. The summed E-state index contributed by atoms with van der Waals surface area (Å²) in [6.45, 7) is 5.84. The highest BCUT2D eigenvalue weighted by atomic mass is 16.6. The Kier molecular flexibility index (Phi) is 3.97. The van der Waals surface area contributed by atoms with E-state index in [0.29, 0.717) is 17.8 Å². The molecule has 1 saturated heterocycles. The van der Waals surface area contributed by atoms with Crippen LogP contribution in [0.5, 0.6) is 0 Å². The Bertz CT molecular complexity index is 758. The summed E-state index contributed by atoms with van der Waals surface area (Å²) in [5.41, 5.74) is 0.778. The van der Waals surface area contributed by atoms with Gasteiger partial charge in [0.25, 0.3) is 0 Å². The Morgan fingerprint density at radius 1 is 1.25 bits per heavy atom. The Labute approximate surface area is 166 Å². The molecule has 0 aromatic carbocycles. The Morgan fingerprint density at radius 2 is 2.04 bits per heavy atom. The average Bonchev–Trinajstić information content (AvgIpc) is 3.32. The third kappa shape index (κ3) is 2.26. The summed E-state index contributed by atoms with van der Waals surface area (Å²) >= 11 is 0. The molecule has 1 heterocycles. The molecule has 5 rings (SSSR count). The highest BCUT2D eigenvalue weighted by Gasteiger charge is 2.80. The zero-order chi connectivity index (χ0) is 19.9. The number of Topliss-reactive ketones (excluding diaryl/α,β-unsaturated/α-hetero) is 1. The van der Waals surface area contributed by atoms with E-state index in [1.807, 2.05) is 0 Å². The molecule has 8 atom stereocenters. The van der Waals surface area contributed by atoms with Gasteiger partial charge in [-0.1, -0.05) is 25.5 Å². The van der Waals surface area contributed by atoms with Crippen molar-refractivity contribution in [1.29, 1.82) is 0 Å². The van der Waals surface area contributed by atoms with Crippen LogP contribution in [0.15, 0.2) is 11.6 Å². The first-order valence-corrected chi connectivity index (χ1v) is 10.9. The summed E-state index contributed by atoms with van der Waals surface area (Å²) < 4.78 is 11.1. The zero-order valence-corrected chi connectivity index (χ0v) is 17.2. The van der Waals surface area contributed by atoms with Crippen LogP contribution in [0.4, 0.5) is 0 Å². The standard InChI is InChI=1S/C23H32O5/c1-13(24)27-12-19(26)23-20(28-23)11-18-16-5-4-14-10-15(25)6-8-21(14,2)17(16)7-9-22(18,23)3/h4,15-18,20,25H,5-12H2,1-3H3/t15-,16-,17+,18+,20-,21-,22+,23-/m0/s1. The van der Waals surface area contributed by atoms with Crippen molar-refractivity contribution in [1.82, 2.24) is 0 Å². The quantitative estimate of drug-likeness (QED) is 0.456. The van der Waals surface area contributed by atoms with Gasteiger partial charge in [0.2, 0.25) is 5.78 Å². The normalized spacial score (nSPS) is 51.1. The maximum absolute atomic E-state index is 13.0. The second-order valence-corrected chi connectivity index (χ2v) is 10.4. The van der Waals surface area contributed by atoms with Crippen molar-refractivity contribution in [2.75, 3.05) is 6.61 Å². The monoisotopic (exact) mass is 388 g/mol. The molecule has 0 amide bonds. The number of hydrogen-bond donors (Lipinski definition) is 1. The van der Waals surface area contributed by atoms with Gasteiger partial charge in [-0.25, -0.2) is 0 Å². The molecule has 1 N–H and O–H groups in total. The first-order chi connectivity index (χ1) is 13.2. The van der Waals surface area contributed by atoms with Crippen molar-refractivity contribution in [2.24, 2.45) is 28.6 Å². The van der Waals surface area contributed by atoms with Crippen LogP contribution in [0.3, 0.4) is 0 Å². The van der Waals surface area contributed by atoms with Gasteiger partial charge in [-0.2, -0.15) is 0 Å². The van der Waals surface area contributed by atoms with E-state index in [-0.39, 0.29) is 35.4 Å². The molecule has 0 aromatic heterocycles. The van der Waals surface area contributed by atoms with Crippen LogP contribution < -0.4 is 0 Å². The molecule has 5 heteroatoms. The van der Waals surface area contributed by atoms with Gasteiger partial charge in [0, 0.05) is 12.3 Å². The van der Waals surface area contributed by atoms with Crippen LogP contribution in [-0.4, -0.2) is 41.3 Å². The van der Waals surface area contributed by atoms with Crippen molar-refractivity contribution >= 4 is 11.8 Å². The van der Waals surface area contributed by atoms with Crippen LogP contribution >= 0.6 is 0 Å². The van der Waals surface area contributed by atoms with Crippen LogP contribution in [0, 0.1) is 28.6 Å². The number of carbonyl (C=O) groups is 2. The number of fused-ring (bicyclic) bond motifs is 7. The van der Waals surface area contributed by atoms with Gasteiger partial charge < -0.3 is 14.6 Å². The third-order valence-corrected chi connectivity index (χ3v) is 9.33. The molecule has 0 radical (unpaired) electrons. The molecule has 5 nitrogen and oxygen atoms in total. The van der Waals surface area contributed by atoms with Gasteiger partial charge in [0.15, 0.2) is 12.2 Å². The number of esters is 1. The second kappa shape index (κ2) is 5.91. The Balaban J connectivity index is 1.42. The number of ketones is 1. The molecule has 0 aromatic rings. The second-order valence-electron chi connectivity index (χ2n) is 10.4. The molecule has 154 valence electrons. The summed E-state index contributed by atoms with van der Waals surface area (Å²) in [7, 11) is 0. The van der Waals surface area contributed by atoms with Gasteiger partial charge in [-0.15, -0.1) is 0 Å². The molecule has 4 aliphatic carbocycles. The van der Waals surface area contributed by atoms with Gasteiger partial charge in [-0.05, 0) is 68.1 Å². The van der Waals surface area contributed by atoms with Crippen LogP contribution in [0.1, 0.15) is 65.7 Å². The highest BCUT2D eigenvalue weighted by Crippen LogP contribution is 2.73. The fourth-order valence-electron chi connectivity index (χ4n) is 7.83. The smallest absolute Gasteiger partial charge is 0.303 e. The summed E-state index contributed by atoms with van der Waals surface area (Å²) in [5, 5.41) is 10.1. The number of allylic oxidation sites excluding steroid dienone is 1. The Morgan fingerprint density at radius 3 is 2.79 bits per heavy atom. The fourth-order valence-corrected chi connectivity index (χ4v) is 7.83. The number of carbonyl (C=O) groups excluding carboxylic acids is 2. The summed E-state index contributed by atoms with van der Waals surface area (Å²) in [6, 6.07) is 0. The minimum Gasteiger partial charge on any atom is -0.458 e.